The molecule has 3 amide bonds. The van der Waals surface area contributed by atoms with E-state index in [1.807, 2.05) is 66.4 Å². The van der Waals surface area contributed by atoms with Crippen LogP contribution in [0.25, 0.3) is 34.0 Å². The first kappa shape index (κ1) is 48.7. The van der Waals surface area contributed by atoms with E-state index >= 15 is 0 Å². The fraction of sp³-hybridized carbons (Fsp3) is 0.357. The van der Waals surface area contributed by atoms with Crippen LogP contribution in [0.5, 0.6) is 0 Å². The SMILES string of the molecule is C=Cc1cccc(C(=O)OCn2ncc3cc(C[C@@H](NC(=O)N4CCC(c5cc6ccccc6n(COC(=O)c6cccc(C=C)c6)c5=O)CC4)C(=O)N4CCN(C5CCN(C)CC5)CC4)cc(C)c32)c1. The van der Waals surface area contributed by atoms with Crippen molar-refractivity contribution >= 4 is 57.8 Å². The van der Waals surface area contributed by atoms with Crippen LogP contribution in [0.1, 0.15) is 80.1 Å². The maximum absolute atomic E-state index is 14.6. The van der Waals surface area contributed by atoms with Crippen molar-refractivity contribution in [2.24, 2.45) is 0 Å². The summed E-state index contributed by atoms with van der Waals surface area (Å²) in [5.41, 5.74) is 5.94. The van der Waals surface area contributed by atoms with Crippen LogP contribution in [0.2, 0.25) is 0 Å². The number of fused-ring (bicyclic) bond motifs is 2. The lowest BCUT2D eigenvalue weighted by Gasteiger charge is -2.43. The van der Waals surface area contributed by atoms with E-state index in [2.05, 4.69) is 40.4 Å². The fourth-order valence-corrected chi connectivity index (χ4v) is 10.5. The summed E-state index contributed by atoms with van der Waals surface area (Å²) in [6.07, 6.45) is 8.60. The van der Waals surface area contributed by atoms with Crippen molar-refractivity contribution in [3.8, 4) is 0 Å². The standard InChI is InChI=1S/C56H62N8O7/c1-5-39-11-9-14-44(30-39)54(67)70-36-63-50-16-8-7-13-43(50)34-48(52(63)65)42-17-23-62(24-18-42)56(69)58-49(53(66)61-27-25-60(26-28-61)47-19-21-59(4)22-20-47)33-41-29-38(3)51-46(32-41)35-57-64(51)37-71-55(68)45-15-10-12-40(6-2)31-45/h5-16,29-32,34-35,42,47,49H,1-2,17-28,33,36-37H2,3-4H3,(H,58,69)/t49-/m1/s1. The normalized spacial score (nSPS) is 16.7. The Balaban J connectivity index is 0.892. The number of piperidine rings is 2. The molecule has 3 fully saturated rings. The minimum atomic E-state index is -0.844. The summed E-state index contributed by atoms with van der Waals surface area (Å²) in [5.74, 6) is -1.29. The molecule has 4 aromatic carbocycles. The molecule has 5 heterocycles. The largest absolute Gasteiger partial charge is 0.440 e. The summed E-state index contributed by atoms with van der Waals surface area (Å²) < 4.78 is 14.5. The van der Waals surface area contributed by atoms with Crippen LogP contribution in [0.15, 0.2) is 115 Å². The van der Waals surface area contributed by atoms with E-state index in [1.165, 1.54) is 4.57 Å². The number of ether oxygens (including phenoxy) is 2. The van der Waals surface area contributed by atoms with Crippen molar-refractivity contribution in [3.63, 3.8) is 0 Å². The van der Waals surface area contributed by atoms with Gasteiger partial charge in [-0.2, -0.15) is 5.10 Å². The van der Waals surface area contributed by atoms with Gasteiger partial charge in [-0.1, -0.05) is 73.8 Å². The van der Waals surface area contributed by atoms with Crippen LogP contribution in [-0.4, -0.2) is 129 Å². The van der Waals surface area contributed by atoms with Gasteiger partial charge in [-0.15, -0.1) is 0 Å². The number of para-hydroxylation sites is 1. The number of hydrogen-bond donors (Lipinski definition) is 1. The van der Waals surface area contributed by atoms with Gasteiger partial charge in [0.1, 0.15) is 6.04 Å². The third kappa shape index (κ3) is 11.0. The van der Waals surface area contributed by atoms with Crippen LogP contribution in [0.4, 0.5) is 4.79 Å². The maximum Gasteiger partial charge on any atom is 0.339 e. The minimum absolute atomic E-state index is 0.0866. The number of rotatable bonds is 14. The van der Waals surface area contributed by atoms with E-state index in [4.69, 9.17) is 9.47 Å². The molecule has 71 heavy (non-hydrogen) atoms. The first-order chi connectivity index (χ1) is 34.5. The number of likely N-dealkylation sites (tertiary alicyclic amines) is 2. The van der Waals surface area contributed by atoms with E-state index in [-0.39, 0.29) is 43.3 Å². The number of amides is 3. The van der Waals surface area contributed by atoms with E-state index in [9.17, 15) is 24.0 Å². The quantitative estimate of drug-likeness (QED) is 0.110. The van der Waals surface area contributed by atoms with Crippen molar-refractivity contribution in [1.82, 2.24) is 39.3 Å². The molecular formula is C56H62N8O7. The Labute approximate surface area is 413 Å². The molecule has 0 bridgehead atoms. The molecule has 15 heteroatoms. The number of nitrogens with zero attached hydrogens (tertiary/aromatic N) is 7. The second kappa shape index (κ2) is 21.7. The van der Waals surface area contributed by atoms with Crippen molar-refractivity contribution in [1.29, 1.82) is 0 Å². The van der Waals surface area contributed by atoms with Crippen molar-refractivity contribution in [2.45, 2.75) is 70.5 Å². The molecule has 0 aliphatic carbocycles. The highest BCUT2D eigenvalue weighted by atomic mass is 16.5. The number of esters is 2. The highest BCUT2D eigenvalue weighted by Gasteiger charge is 2.34. The zero-order chi connectivity index (χ0) is 49.6. The molecule has 0 saturated carbocycles. The number of carbonyl (C=O) groups excluding carboxylic acids is 4. The number of aryl methyl sites for hydroxylation is 1. The van der Waals surface area contributed by atoms with Gasteiger partial charge in [0.25, 0.3) is 5.56 Å². The van der Waals surface area contributed by atoms with Gasteiger partial charge < -0.3 is 29.5 Å². The van der Waals surface area contributed by atoms with Gasteiger partial charge in [-0.25, -0.2) is 19.1 Å². The smallest absolute Gasteiger partial charge is 0.339 e. The van der Waals surface area contributed by atoms with Gasteiger partial charge in [-0.05, 0) is 129 Å². The van der Waals surface area contributed by atoms with Gasteiger partial charge >= 0.3 is 18.0 Å². The predicted molar refractivity (Wildman–Crippen MR) is 275 cm³/mol. The second-order valence-electron chi connectivity index (χ2n) is 19.0. The number of pyridine rings is 1. The van der Waals surface area contributed by atoms with Crippen LogP contribution >= 0.6 is 0 Å². The van der Waals surface area contributed by atoms with E-state index in [0.29, 0.717) is 67.3 Å². The van der Waals surface area contributed by atoms with Crippen molar-refractivity contribution in [2.75, 3.05) is 59.4 Å². The average Bonchev–Trinajstić information content (AvgIpc) is 3.82. The lowest BCUT2D eigenvalue weighted by Crippen LogP contribution is -2.59. The molecule has 1 atom stereocenters. The molecular weight excluding hydrogens is 897 g/mol. The predicted octanol–water partition coefficient (Wildman–Crippen LogP) is 7.31. The van der Waals surface area contributed by atoms with Gasteiger partial charge in [0.15, 0.2) is 13.5 Å². The molecule has 9 rings (SSSR count). The molecule has 3 aliphatic rings. The van der Waals surface area contributed by atoms with Gasteiger partial charge in [-0.3, -0.25) is 19.1 Å². The van der Waals surface area contributed by atoms with Gasteiger partial charge in [0.2, 0.25) is 5.91 Å². The van der Waals surface area contributed by atoms with Gasteiger partial charge in [0, 0.05) is 62.7 Å². The Bertz CT molecular complexity index is 3030. The lowest BCUT2D eigenvalue weighted by molar-refractivity contribution is -0.135. The minimum Gasteiger partial charge on any atom is -0.440 e. The fourth-order valence-electron chi connectivity index (χ4n) is 10.5. The topological polar surface area (TPSA) is 152 Å². The van der Waals surface area contributed by atoms with Gasteiger partial charge in [0.05, 0.1) is 28.4 Å². The van der Waals surface area contributed by atoms with E-state index < -0.39 is 18.0 Å². The lowest BCUT2D eigenvalue weighted by atomic mass is 9.89. The summed E-state index contributed by atoms with van der Waals surface area (Å²) in [5, 5.41) is 9.37. The Morgan fingerprint density at radius 3 is 2.04 bits per heavy atom. The number of benzene rings is 4. The monoisotopic (exact) mass is 958 g/mol. The van der Waals surface area contributed by atoms with Crippen LogP contribution in [0, 0.1) is 6.92 Å². The molecule has 3 aliphatic heterocycles. The molecule has 15 nitrogen and oxygen atoms in total. The maximum atomic E-state index is 14.6. The Kier molecular flexibility index (Phi) is 14.9. The number of piperazine rings is 1. The Morgan fingerprint density at radius 2 is 1.38 bits per heavy atom. The third-order valence-electron chi connectivity index (χ3n) is 14.5. The average molecular weight is 959 g/mol. The molecule has 2 aromatic heterocycles. The molecule has 3 saturated heterocycles. The number of aromatic nitrogens is 3. The third-order valence-corrected chi connectivity index (χ3v) is 14.5. The van der Waals surface area contributed by atoms with Crippen LogP contribution in [0.3, 0.4) is 0 Å². The zero-order valence-electron chi connectivity index (χ0n) is 40.6. The Morgan fingerprint density at radius 1 is 0.732 bits per heavy atom. The van der Waals surface area contributed by atoms with E-state index in [0.717, 1.165) is 77.6 Å². The first-order valence-corrected chi connectivity index (χ1v) is 24.6. The highest BCUT2D eigenvalue weighted by Crippen LogP contribution is 2.29. The number of hydrogen-bond acceptors (Lipinski definition) is 10. The number of nitrogens with one attached hydrogen (secondary N) is 1. The number of urea groups is 1. The Hall–Kier alpha value is -7.36. The van der Waals surface area contributed by atoms with E-state index in [1.54, 1.807) is 64.3 Å². The summed E-state index contributed by atoms with van der Waals surface area (Å²) in [4.78, 5) is 77.8. The summed E-state index contributed by atoms with van der Waals surface area (Å²) in [6, 6.07) is 26.8. The summed E-state index contributed by atoms with van der Waals surface area (Å²) in [7, 11) is 2.16. The molecule has 0 spiro atoms. The van der Waals surface area contributed by atoms with Crippen molar-refractivity contribution < 1.29 is 28.7 Å². The molecule has 1 N–H and O–H groups in total. The van der Waals surface area contributed by atoms with Crippen LogP contribution < -0.4 is 10.9 Å². The summed E-state index contributed by atoms with van der Waals surface area (Å²) in [6.45, 7) is 14.8. The zero-order valence-corrected chi connectivity index (χ0v) is 40.6. The van der Waals surface area contributed by atoms with Crippen molar-refractivity contribution in [3.05, 3.63) is 160 Å². The molecule has 368 valence electrons. The summed E-state index contributed by atoms with van der Waals surface area (Å²) >= 11 is 0. The van der Waals surface area contributed by atoms with Crippen LogP contribution in [-0.2, 0) is 34.2 Å². The molecule has 0 unspecified atom stereocenters. The second-order valence-corrected chi connectivity index (χ2v) is 19.0. The molecule has 0 radical (unpaired) electrons. The number of carbonyl (C=O) groups is 4. The molecule has 6 aromatic rings. The first-order valence-electron chi connectivity index (χ1n) is 24.6. The highest BCUT2D eigenvalue weighted by molar-refractivity contribution is 5.91.